The molecule has 44 heavy (non-hydrogen) atoms. The zero-order valence-corrected chi connectivity index (χ0v) is 23.9. The Hall–Kier alpha value is -4.87. The van der Waals surface area contributed by atoms with E-state index in [1.54, 1.807) is 48.5 Å². The predicted molar refractivity (Wildman–Crippen MR) is 156 cm³/mol. The van der Waals surface area contributed by atoms with E-state index in [1.165, 1.54) is 6.92 Å². The van der Waals surface area contributed by atoms with Crippen LogP contribution in [0.15, 0.2) is 78.9 Å². The maximum atomic E-state index is 13.6. The Morgan fingerprint density at radius 1 is 0.864 bits per heavy atom. The van der Waals surface area contributed by atoms with Crippen LogP contribution in [0.25, 0.3) is 0 Å². The van der Waals surface area contributed by atoms with Gasteiger partial charge in [0.25, 0.3) is 0 Å². The highest BCUT2D eigenvalue weighted by Crippen LogP contribution is 2.25. The summed E-state index contributed by atoms with van der Waals surface area (Å²) in [4.78, 5) is 52.2. The number of ether oxygens (including phenoxy) is 1. The highest BCUT2D eigenvalue weighted by atomic mass is 19.4. The lowest BCUT2D eigenvalue weighted by molar-refractivity contribution is -0.141. The van der Waals surface area contributed by atoms with Gasteiger partial charge in [-0.15, -0.1) is 0 Å². The van der Waals surface area contributed by atoms with Gasteiger partial charge in [0.1, 0.15) is 36.2 Å². The Kier molecular flexibility index (Phi) is 10.6. The van der Waals surface area contributed by atoms with Crippen molar-refractivity contribution in [2.24, 2.45) is 0 Å². The summed E-state index contributed by atoms with van der Waals surface area (Å²) >= 11 is 0. The first kappa shape index (κ1) is 32.1. The van der Waals surface area contributed by atoms with Crippen molar-refractivity contribution in [3.63, 3.8) is 0 Å². The van der Waals surface area contributed by atoms with Crippen LogP contribution in [-0.2, 0) is 38.4 Å². The standard InChI is InChI=1S/C32H33F3N4O5/c1-20(40)37-28-18-23-10-6-12-25(16-23)44-24-11-5-9-22(15-24)17-27(29(41)36-19-32(33,34)35)39-30(42)26(38-31(28)43)14-13-21-7-3-2-4-8-21/h2-12,15-16,26-28H,13-14,17-19H2,1H3,(H,36,41)(H,37,40)(H,38,43)(H,39,42)/t26-,27-,28-/m0/s1. The molecule has 3 atom stereocenters. The van der Waals surface area contributed by atoms with E-state index < -0.39 is 54.5 Å². The summed E-state index contributed by atoms with van der Waals surface area (Å²) in [5.74, 6) is -2.07. The minimum atomic E-state index is -4.66. The smallest absolute Gasteiger partial charge is 0.405 e. The van der Waals surface area contributed by atoms with Crippen molar-refractivity contribution < 1.29 is 37.1 Å². The summed E-state index contributed by atoms with van der Waals surface area (Å²) in [5, 5.41) is 9.71. The third-order valence-electron chi connectivity index (χ3n) is 6.90. The third-order valence-corrected chi connectivity index (χ3v) is 6.90. The number of amides is 4. The van der Waals surface area contributed by atoms with Gasteiger partial charge >= 0.3 is 6.18 Å². The SMILES string of the molecule is CC(=O)N[C@H]1Cc2cccc(c2)Oc2cccc(c2)C[C@@H](C(=O)NCC(F)(F)F)NC(=O)[C@H](CCc2ccccc2)NC1=O. The second kappa shape index (κ2) is 14.5. The van der Waals surface area contributed by atoms with Crippen molar-refractivity contribution in [2.45, 2.75) is 56.9 Å². The van der Waals surface area contributed by atoms with Gasteiger partial charge in [0.2, 0.25) is 23.6 Å². The van der Waals surface area contributed by atoms with Crippen LogP contribution in [0.2, 0.25) is 0 Å². The van der Waals surface area contributed by atoms with Gasteiger partial charge in [-0.25, -0.2) is 0 Å². The molecule has 4 N–H and O–H groups in total. The van der Waals surface area contributed by atoms with E-state index in [1.807, 2.05) is 35.6 Å². The zero-order valence-electron chi connectivity index (χ0n) is 23.9. The normalized spacial score (nSPS) is 19.1. The van der Waals surface area contributed by atoms with Crippen LogP contribution in [0.5, 0.6) is 11.5 Å². The molecule has 0 aliphatic carbocycles. The van der Waals surface area contributed by atoms with E-state index in [2.05, 4.69) is 16.0 Å². The Balaban J connectivity index is 1.71. The number of rotatable bonds is 6. The number of halogens is 3. The van der Waals surface area contributed by atoms with E-state index in [0.29, 0.717) is 29.0 Å². The highest BCUT2D eigenvalue weighted by Gasteiger charge is 2.33. The largest absolute Gasteiger partial charge is 0.457 e. The first-order valence-electron chi connectivity index (χ1n) is 14.1. The van der Waals surface area contributed by atoms with Gasteiger partial charge in [-0.3, -0.25) is 19.2 Å². The predicted octanol–water partition coefficient (Wildman–Crippen LogP) is 3.36. The number of benzene rings is 3. The fourth-order valence-corrected chi connectivity index (χ4v) is 4.82. The molecule has 9 nitrogen and oxygen atoms in total. The minimum Gasteiger partial charge on any atom is -0.457 e. The molecular formula is C32H33F3N4O5. The van der Waals surface area contributed by atoms with E-state index >= 15 is 0 Å². The maximum Gasteiger partial charge on any atom is 0.405 e. The summed E-state index contributed by atoms with van der Waals surface area (Å²) < 4.78 is 44.8. The molecule has 232 valence electrons. The van der Waals surface area contributed by atoms with Crippen molar-refractivity contribution >= 4 is 23.6 Å². The van der Waals surface area contributed by atoms with Crippen LogP contribution in [0.3, 0.4) is 0 Å². The molecule has 4 rings (SSSR count). The number of carbonyl (C=O) groups is 4. The second-order valence-electron chi connectivity index (χ2n) is 10.5. The molecule has 3 aromatic carbocycles. The van der Waals surface area contributed by atoms with Crippen molar-refractivity contribution in [2.75, 3.05) is 6.54 Å². The highest BCUT2D eigenvalue weighted by molar-refractivity contribution is 5.94. The van der Waals surface area contributed by atoms with Gasteiger partial charge in [-0.1, -0.05) is 54.6 Å². The van der Waals surface area contributed by atoms with Crippen LogP contribution in [0, 0.1) is 0 Å². The molecule has 1 aliphatic heterocycles. The van der Waals surface area contributed by atoms with Gasteiger partial charge < -0.3 is 26.0 Å². The van der Waals surface area contributed by atoms with Crippen molar-refractivity contribution in [3.8, 4) is 11.5 Å². The number of carbonyl (C=O) groups excluding carboxylic acids is 4. The molecule has 0 unspecified atom stereocenters. The summed E-state index contributed by atoms with van der Waals surface area (Å²) in [7, 11) is 0. The average molecular weight is 611 g/mol. The van der Waals surface area contributed by atoms with Crippen LogP contribution in [0.4, 0.5) is 13.2 Å². The average Bonchev–Trinajstić information content (AvgIpc) is 2.97. The first-order valence-corrected chi connectivity index (χ1v) is 14.1. The summed E-state index contributed by atoms with van der Waals surface area (Å²) in [6.45, 7) is -0.313. The monoisotopic (exact) mass is 610 g/mol. The van der Waals surface area contributed by atoms with Crippen LogP contribution < -0.4 is 26.0 Å². The maximum absolute atomic E-state index is 13.6. The molecule has 0 radical (unpaired) electrons. The Bertz CT molecular complexity index is 1480. The fourth-order valence-electron chi connectivity index (χ4n) is 4.82. The quantitative estimate of drug-likeness (QED) is 0.341. The number of aryl methyl sites for hydroxylation is 1. The lowest BCUT2D eigenvalue weighted by Gasteiger charge is -2.26. The molecule has 0 saturated carbocycles. The molecule has 0 spiro atoms. The van der Waals surface area contributed by atoms with E-state index in [9.17, 15) is 32.3 Å². The molecule has 3 aromatic rings. The third kappa shape index (κ3) is 9.85. The van der Waals surface area contributed by atoms with Gasteiger partial charge in [0.05, 0.1) is 0 Å². The van der Waals surface area contributed by atoms with E-state index in [4.69, 9.17) is 4.74 Å². The number of hydrogen-bond donors (Lipinski definition) is 4. The van der Waals surface area contributed by atoms with E-state index in [0.717, 1.165) is 5.56 Å². The molecule has 4 bridgehead atoms. The first-order chi connectivity index (χ1) is 20.9. The fraction of sp³-hybridized carbons (Fsp3) is 0.312. The zero-order chi connectivity index (χ0) is 31.7. The molecule has 12 heteroatoms. The number of hydrogen-bond acceptors (Lipinski definition) is 5. The molecule has 1 heterocycles. The molecule has 1 aliphatic rings. The number of fused-ring (bicyclic) bond motifs is 4. The second-order valence-corrected chi connectivity index (χ2v) is 10.5. The molecule has 4 amide bonds. The topological polar surface area (TPSA) is 126 Å². The van der Waals surface area contributed by atoms with Gasteiger partial charge in [0, 0.05) is 19.8 Å². The van der Waals surface area contributed by atoms with Gasteiger partial charge in [0.15, 0.2) is 0 Å². The van der Waals surface area contributed by atoms with Crippen LogP contribution in [0.1, 0.15) is 30.0 Å². The summed E-state index contributed by atoms with van der Waals surface area (Å²) in [6, 6.07) is 19.1. The molecular weight excluding hydrogens is 577 g/mol. The Labute approximate surface area is 252 Å². The Morgan fingerprint density at radius 3 is 2.11 bits per heavy atom. The molecule has 0 fully saturated rings. The summed E-state index contributed by atoms with van der Waals surface area (Å²) in [5.41, 5.74) is 2.09. The van der Waals surface area contributed by atoms with Crippen LogP contribution >= 0.6 is 0 Å². The van der Waals surface area contributed by atoms with E-state index in [-0.39, 0.29) is 19.3 Å². The number of alkyl halides is 3. The number of nitrogens with one attached hydrogen (secondary N) is 4. The molecule has 0 aromatic heterocycles. The summed E-state index contributed by atoms with van der Waals surface area (Å²) in [6.07, 6.45) is -4.25. The van der Waals surface area contributed by atoms with Gasteiger partial charge in [-0.05, 0) is 53.8 Å². The lowest BCUT2D eigenvalue weighted by atomic mass is 10.0. The van der Waals surface area contributed by atoms with Crippen molar-refractivity contribution in [1.29, 1.82) is 0 Å². The van der Waals surface area contributed by atoms with Crippen LogP contribution in [-0.4, -0.2) is 54.5 Å². The van der Waals surface area contributed by atoms with Gasteiger partial charge in [-0.2, -0.15) is 13.2 Å². The molecule has 0 saturated heterocycles. The minimum absolute atomic E-state index is 0.0815. The van der Waals surface area contributed by atoms with Crippen molar-refractivity contribution in [3.05, 3.63) is 95.6 Å². The Morgan fingerprint density at radius 2 is 1.50 bits per heavy atom. The lowest BCUT2D eigenvalue weighted by Crippen LogP contribution is -2.57. The van der Waals surface area contributed by atoms with Crippen molar-refractivity contribution in [1.82, 2.24) is 21.3 Å².